The van der Waals surface area contributed by atoms with Gasteiger partial charge in [-0.25, -0.2) is 8.42 Å². The molecule has 0 saturated heterocycles. The van der Waals surface area contributed by atoms with Gasteiger partial charge in [0.1, 0.15) is 11.8 Å². The van der Waals surface area contributed by atoms with Gasteiger partial charge < -0.3 is 10.1 Å². The number of hydrogen-bond acceptors (Lipinski definition) is 6. The van der Waals surface area contributed by atoms with Crippen LogP contribution in [0.5, 0.6) is 5.75 Å². The Morgan fingerprint density at radius 2 is 1.93 bits per heavy atom. The summed E-state index contributed by atoms with van der Waals surface area (Å²) < 4.78 is 30.8. The van der Waals surface area contributed by atoms with Crippen LogP contribution in [0.4, 0.5) is 17.1 Å². The van der Waals surface area contributed by atoms with E-state index >= 15 is 0 Å². The Morgan fingerprint density at radius 1 is 1.25 bits per heavy atom. The molecule has 0 aromatic heterocycles. The number of hydrogen-bond donors (Lipinski definition) is 1. The van der Waals surface area contributed by atoms with Crippen LogP contribution in [0, 0.1) is 17.0 Å². The monoisotopic (exact) mass is 407 g/mol. The van der Waals surface area contributed by atoms with Crippen molar-refractivity contribution in [2.75, 3.05) is 23.0 Å². The van der Waals surface area contributed by atoms with Gasteiger partial charge in [-0.1, -0.05) is 12.1 Å². The summed E-state index contributed by atoms with van der Waals surface area (Å²) in [5.41, 5.74) is 0.935. The molecule has 9 nitrogen and oxygen atoms in total. The fourth-order valence-electron chi connectivity index (χ4n) is 2.65. The molecule has 2 aromatic rings. The maximum absolute atomic E-state index is 12.7. The molecule has 0 fully saturated rings. The summed E-state index contributed by atoms with van der Waals surface area (Å²) in [6.07, 6.45) is 0.995. The summed E-state index contributed by atoms with van der Waals surface area (Å²) >= 11 is 0. The first-order valence-electron chi connectivity index (χ1n) is 8.24. The van der Waals surface area contributed by atoms with Gasteiger partial charge in [0, 0.05) is 18.2 Å². The van der Waals surface area contributed by atoms with Gasteiger partial charge in [0.05, 0.1) is 29.7 Å². The van der Waals surface area contributed by atoms with Gasteiger partial charge in [0.15, 0.2) is 0 Å². The number of nitro groups is 1. The highest BCUT2D eigenvalue weighted by Crippen LogP contribution is 2.27. The number of ether oxygens (including phenoxy) is 1. The summed E-state index contributed by atoms with van der Waals surface area (Å²) in [4.78, 5) is 23.1. The van der Waals surface area contributed by atoms with Crippen molar-refractivity contribution in [3.05, 3.63) is 58.1 Å². The van der Waals surface area contributed by atoms with Gasteiger partial charge in [0.2, 0.25) is 15.9 Å². The Labute approximate surface area is 163 Å². The van der Waals surface area contributed by atoms with Crippen molar-refractivity contribution in [2.24, 2.45) is 0 Å². The molecule has 150 valence electrons. The normalized spacial score (nSPS) is 12.1. The minimum absolute atomic E-state index is 0.179. The second-order valence-corrected chi connectivity index (χ2v) is 8.04. The van der Waals surface area contributed by atoms with E-state index in [2.05, 4.69) is 5.32 Å². The third-order valence-corrected chi connectivity index (χ3v) is 5.33. The summed E-state index contributed by atoms with van der Waals surface area (Å²) in [5, 5.41) is 13.5. The Kier molecular flexibility index (Phi) is 6.24. The highest BCUT2D eigenvalue weighted by atomic mass is 32.2. The van der Waals surface area contributed by atoms with Crippen molar-refractivity contribution in [2.45, 2.75) is 19.9 Å². The molecule has 2 aromatic carbocycles. The number of nitrogens with one attached hydrogen (secondary N) is 1. The third kappa shape index (κ3) is 4.77. The molecule has 1 atom stereocenters. The van der Waals surface area contributed by atoms with Crippen molar-refractivity contribution in [1.82, 2.24) is 0 Å². The van der Waals surface area contributed by atoms with Crippen molar-refractivity contribution >= 4 is 33.0 Å². The Morgan fingerprint density at radius 3 is 2.50 bits per heavy atom. The summed E-state index contributed by atoms with van der Waals surface area (Å²) in [6, 6.07) is 9.28. The molecule has 1 unspecified atom stereocenters. The first-order chi connectivity index (χ1) is 13.0. The lowest BCUT2D eigenvalue weighted by Crippen LogP contribution is -2.45. The van der Waals surface area contributed by atoms with Crippen LogP contribution in [0.25, 0.3) is 0 Å². The van der Waals surface area contributed by atoms with Crippen LogP contribution in [-0.2, 0) is 14.8 Å². The number of carbonyl (C=O) groups is 1. The molecule has 0 aliphatic rings. The van der Waals surface area contributed by atoms with Crippen LogP contribution < -0.4 is 14.4 Å². The molecule has 1 amide bonds. The van der Waals surface area contributed by atoms with E-state index in [1.165, 1.54) is 38.3 Å². The number of amides is 1. The van der Waals surface area contributed by atoms with E-state index in [0.29, 0.717) is 11.3 Å². The van der Waals surface area contributed by atoms with E-state index in [1.54, 1.807) is 25.1 Å². The SMILES string of the molecule is COc1cccc(N(C(C)C(=O)Nc2cc([N+](=O)[O-])ccc2C)S(C)(=O)=O)c1. The predicted molar refractivity (Wildman–Crippen MR) is 106 cm³/mol. The van der Waals surface area contributed by atoms with Gasteiger partial charge in [-0.15, -0.1) is 0 Å². The number of rotatable bonds is 7. The van der Waals surface area contributed by atoms with E-state index in [9.17, 15) is 23.3 Å². The fraction of sp³-hybridized carbons (Fsp3) is 0.278. The van der Waals surface area contributed by atoms with Crippen LogP contribution in [0.3, 0.4) is 0 Å². The molecule has 0 heterocycles. The largest absolute Gasteiger partial charge is 0.497 e. The molecule has 28 heavy (non-hydrogen) atoms. The van der Waals surface area contributed by atoms with E-state index in [4.69, 9.17) is 4.74 Å². The number of sulfonamides is 1. The van der Waals surface area contributed by atoms with E-state index in [-0.39, 0.29) is 17.1 Å². The maximum Gasteiger partial charge on any atom is 0.271 e. The third-order valence-electron chi connectivity index (χ3n) is 4.09. The molecule has 0 radical (unpaired) electrons. The quantitative estimate of drug-likeness (QED) is 0.557. The Hall–Kier alpha value is -3.14. The van der Waals surface area contributed by atoms with Crippen molar-refractivity contribution < 1.29 is 22.9 Å². The summed E-state index contributed by atoms with van der Waals surface area (Å²) in [7, 11) is -2.35. The van der Waals surface area contributed by atoms with Crippen molar-refractivity contribution in [3.8, 4) is 5.75 Å². The molecule has 1 N–H and O–H groups in total. The van der Waals surface area contributed by atoms with Crippen LogP contribution in [0.15, 0.2) is 42.5 Å². The number of methoxy groups -OCH3 is 1. The molecule has 0 aliphatic heterocycles. The summed E-state index contributed by atoms with van der Waals surface area (Å²) in [6.45, 7) is 3.11. The zero-order chi connectivity index (χ0) is 21.1. The molecule has 0 spiro atoms. The number of anilines is 2. The van der Waals surface area contributed by atoms with Gasteiger partial charge in [0.25, 0.3) is 5.69 Å². The minimum Gasteiger partial charge on any atom is -0.497 e. The molecule has 10 heteroatoms. The van der Waals surface area contributed by atoms with Crippen LogP contribution in [-0.4, -0.2) is 38.7 Å². The van der Waals surface area contributed by atoms with Crippen LogP contribution in [0.2, 0.25) is 0 Å². The molecular formula is C18H21N3O6S. The topological polar surface area (TPSA) is 119 Å². The number of aryl methyl sites for hydroxylation is 1. The smallest absolute Gasteiger partial charge is 0.271 e. The molecular weight excluding hydrogens is 386 g/mol. The van der Waals surface area contributed by atoms with Crippen LogP contribution in [0.1, 0.15) is 12.5 Å². The number of benzene rings is 2. The van der Waals surface area contributed by atoms with Crippen LogP contribution >= 0.6 is 0 Å². The zero-order valence-corrected chi connectivity index (χ0v) is 16.7. The van der Waals surface area contributed by atoms with Gasteiger partial charge in [-0.3, -0.25) is 19.2 Å². The number of nitro benzene ring substituents is 1. The Balaban J connectivity index is 2.37. The second-order valence-electron chi connectivity index (χ2n) is 6.18. The Bertz CT molecular complexity index is 1010. The van der Waals surface area contributed by atoms with Gasteiger partial charge >= 0.3 is 0 Å². The van der Waals surface area contributed by atoms with E-state index in [0.717, 1.165) is 10.6 Å². The van der Waals surface area contributed by atoms with Crippen molar-refractivity contribution in [1.29, 1.82) is 0 Å². The lowest BCUT2D eigenvalue weighted by atomic mass is 10.1. The van der Waals surface area contributed by atoms with E-state index in [1.807, 2.05) is 0 Å². The summed E-state index contributed by atoms with van der Waals surface area (Å²) in [5.74, 6) is -0.190. The predicted octanol–water partition coefficient (Wildman–Crippen LogP) is 2.71. The van der Waals surface area contributed by atoms with Gasteiger partial charge in [-0.2, -0.15) is 0 Å². The average Bonchev–Trinajstić information content (AvgIpc) is 2.62. The number of non-ortho nitro benzene ring substituents is 1. The second kappa shape index (κ2) is 8.26. The molecule has 0 bridgehead atoms. The number of carbonyl (C=O) groups excluding carboxylic acids is 1. The maximum atomic E-state index is 12.7. The fourth-order valence-corrected chi connectivity index (χ4v) is 3.82. The van der Waals surface area contributed by atoms with Gasteiger partial charge in [-0.05, 0) is 31.5 Å². The van der Waals surface area contributed by atoms with E-state index < -0.39 is 26.9 Å². The van der Waals surface area contributed by atoms with Crippen molar-refractivity contribution in [3.63, 3.8) is 0 Å². The highest BCUT2D eigenvalue weighted by molar-refractivity contribution is 7.92. The highest BCUT2D eigenvalue weighted by Gasteiger charge is 2.30. The standard InChI is InChI=1S/C18H21N3O6S/c1-12-8-9-15(21(23)24)11-17(12)19-18(22)13(2)20(28(4,25)26)14-6-5-7-16(10-14)27-3/h5-11,13H,1-4H3,(H,19,22). The molecule has 2 rings (SSSR count). The zero-order valence-electron chi connectivity index (χ0n) is 15.9. The average molecular weight is 407 g/mol. The lowest BCUT2D eigenvalue weighted by Gasteiger charge is -2.28. The first kappa shape index (κ1) is 21.2. The molecule has 0 saturated carbocycles. The molecule has 0 aliphatic carbocycles. The minimum atomic E-state index is -3.80. The lowest BCUT2D eigenvalue weighted by molar-refractivity contribution is -0.384. The first-order valence-corrected chi connectivity index (χ1v) is 10.1. The number of nitrogens with zero attached hydrogens (tertiary/aromatic N) is 2.